The smallest absolute Gasteiger partial charge is 0.290 e. The number of furan rings is 1. The number of fused-ring (bicyclic) bond motifs is 1. The summed E-state index contributed by atoms with van der Waals surface area (Å²) >= 11 is 0. The number of aromatic nitrogens is 1. The van der Waals surface area contributed by atoms with E-state index in [4.69, 9.17) is 9.15 Å². The molecular weight excluding hydrogens is 304 g/mol. The standard InChI is InChI=1S/C19H18N2O3/c1-23-15-6-2-5-14(13-15)18-16-7-3-9-20(16)10-11-21(18)19(22)17-8-4-12-24-17/h2-9,12-13,18H,10-11H2,1H3. The molecule has 122 valence electrons. The molecule has 1 amide bonds. The van der Waals surface area contributed by atoms with Gasteiger partial charge in [-0.3, -0.25) is 4.79 Å². The van der Waals surface area contributed by atoms with Crippen molar-refractivity contribution in [3.05, 3.63) is 78.0 Å². The van der Waals surface area contributed by atoms with Gasteiger partial charge in [0.2, 0.25) is 0 Å². The van der Waals surface area contributed by atoms with Crippen molar-refractivity contribution >= 4 is 5.91 Å². The van der Waals surface area contributed by atoms with E-state index >= 15 is 0 Å². The van der Waals surface area contributed by atoms with Crippen molar-refractivity contribution in [3.8, 4) is 5.75 Å². The van der Waals surface area contributed by atoms with Crippen LogP contribution in [0, 0.1) is 0 Å². The van der Waals surface area contributed by atoms with Crippen molar-refractivity contribution in [1.82, 2.24) is 9.47 Å². The van der Waals surface area contributed by atoms with Gasteiger partial charge in [-0.1, -0.05) is 12.1 Å². The molecule has 5 nitrogen and oxygen atoms in total. The molecule has 0 radical (unpaired) electrons. The molecule has 1 aliphatic rings. The fraction of sp³-hybridized carbons (Fsp3) is 0.211. The summed E-state index contributed by atoms with van der Waals surface area (Å²) in [5, 5.41) is 0. The second kappa shape index (κ2) is 5.92. The predicted octanol–water partition coefficient (Wildman–Crippen LogP) is 3.34. The lowest BCUT2D eigenvalue weighted by molar-refractivity contribution is 0.0631. The normalized spacial score (nSPS) is 16.7. The predicted molar refractivity (Wildman–Crippen MR) is 89.0 cm³/mol. The van der Waals surface area contributed by atoms with Crippen LogP contribution in [0.4, 0.5) is 0 Å². The maximum atomic E-state index is 12.9. The molecule has 0 spiro atoms. The Morgan fingerprint density at radius 2 is 2.08 bits per heavy atom. The summed E-state index contributed by atoms with van der Waals surface area (Å²) in [5.74, 6) is 1.05. The number of methoxy groups -OCH3 is 1. The van der Waals surface area contributed by atoms with Crippen molar-refractivity contribution in [3.63, 3.8) is 0 Å². The molecule has 5 heteroatoms. The number of amides is 1. The van der Waals surface area contributed by atoms with Crippen LogP contribution in [-0.4, -0.2) is 29.0 Å². The molecule has 0 fully saturated rings. The first-order valence-electron chi connectivity index (χ1n) is 7.91. The van der Waals surface area contributed by atoms with Gasteiger partial charge in [-0.25, -0.2) is 0 Å². The van der Waals surface area contributed by atoms with Gasteiger partial charge in [-0.05, 0) is 42.0 Å². The minimum Gasteiger partial charge on any atom is -0.497 e. The Labute approximate surface area is 140 Å². The second-order valence-electron chi connectivity index (χ2n) is 5.78. The monoisotopic (exact) mass is 322 g/mol. The third-order valence-corrected chi connectivity index (χ3v) is 4.44. The van der Waals surface area contributed by atoms with Crippen LogP contribution >= 0.6 is 0 Å². The third-order valence-electron chi connectivity index (χ3n) is 4.44. The number of benzene rings is 1. The summed E-state index contributed by atoms with van der Waals surface area (Å²) in [4.78, 5) is 14.8. The van der Waals surface area contributed by atoms with Crippen molar-refractivity contribution in [2.24, 2.45) is 0 Å². The van der Waals surface area contributed by atoms with Crippen LogP contribution in [0.25, 0.3) is 0 Å². The van der Waals surface area contributed by atoms with E-state index in [0.29, 0.717) is 12.3 Å². The number of hydrogen-bond acceptors (Lipinski definition) is 3. The van der Waals surface area contributed by atoms with E-state index in [1.54, 1.807) is 19.2 Å². The van der Waals surface area contributed by atoms with Gasteiger partial charge in [0.15, 0.2) is 5.76 Å². The van der Waals surface area contributed by atoms with E-state index in [2.05, 4.69) is 16.8 Å². The van der Waals surface area contributed by atoms with Crippen molar-refractivity contribution in [2.45, 2.75) is 12.6 Å². The van der Waals surface area contributed by atoms with E-state index in [1.807, 2.05) is 35.2 Å². The summed E-state index contributed by atoms with van der Waals surface area (Å²) in [6.07, 6.45) is 3.58. The highest BCUT2D eigenvalue weighted by molar-refractivity contribution is 5.92. The molecule has 0 N–H and O–H groups in total. The Morgan fingerprint density at radius 1 is 1.17 bits per heavy atom. The molecule has 1 aliphatic heterocycles. The largest absolute Gasteiger partial charge is 0.497 e. The van der Waals surface area contributed by atoms with Gasteiger partial charge >= 0.3 is 0 Å². The third kappa shape index (κ3) is 2.38. The molecule has 2 aromatic heterocycles. The lowest BCUT2D eigenvalue weighted by Gasteiger charge is -2.37. The maximum absolute atomic E-state index is 12.9. The SMILES string of the molecule is COc1cccc(C2c3cccn3CCN2C(=O)c2ccco2)c1. The lowest BCUT2D eigenvalue weighted by Crippen LogP contribution is -2.42. The highest BCUT2D eigenvalue weighted by Gasteiger charge is 2.33. The Morgan fingerprint density at radius 3 is 2.88 bits per heavy atom. The summed E-state index contributed by atoms with van der Waals surface area (Å²) in [6.45, 7) is 1.40. The van der Waals surface area contributed by atoms with E-state index in [0.717, 1.165) is 23.6 Å². The molecule has 0 bridgehead atoms. The number of carbonyl (C=O) groups excluding carboxylic acids is 1. The number of hydrogen-bond donors (Lipinski definition) is 0. The average molecular weight is 322 g/mol. The van der Waals surface area contributed by atoms with Crippen LogP contribution in [0.1, 0.15) is 27.9 Å². The maximum Gasteiger partial charge on any atom is 0.290 e. The zero-order chi connectivity index (χ0) is 16.5. The zero-order valence-electron chi connectivity index (χ0n) is 13.4. The van der Waals surface area contributed by atoms with Crippen molar-refractivity contribution in [2.75, 3.05) is 13.7 Å². The number of rotatable bonds is 3. The van der Waals surface area contributed by atoms with E-state index in [1.165, 1.54) is 6.26 Å². The van der Waals surface area contributed by atoms with Gasteiger partial charge in [-0.2, -0.15) is 0 Å². The molecular formula is C19H18N2O3. The number of nitrogens with zero attached hydrogens (tertiary/aromatic N) is 2. The van der Waals surface area contributed by atoms with Crippen LogP contribution in [-0.2, 0) is 6.54 Å². The first kappa shape index (κ1) is 14.6. The zero-order valence-corrected chi connectivity index (χ0v) is 13.4. The van der Waals surface area contributed by atoms with Crippen LogP contribution in [0.3, 0.4) is 0 Å². The average Bonchev–Trinajstić information content (AvgIpc) is 3.31. The van der Waals surface area contributed by atoms with Gasteiger partial charge in [0, 0.05) is 25.0 Å². The van der Waals surface area contributed by atoms with Crippen molar-refractivity contribution < 1.29 is 13.9 Å². The Bertz CT molecular complexity index is 851. The Kier molecular flexibility index (Phi) is 3.61. The molecule has 3 aromatic rings. The molecule has 3 heterocycles. The molecule has 0 saturated carbocycles. The Balaban J connectivity index is 1.79. The second-order valence-corrected chi connectivity index (χ2v) is 5.78. The highest BCUT2D eigenvalue weighted by Crippen LogP contribution is 2.34. The fourth-order valence-corrected chi connectivity index (χ4v) is 3.31. The topological polar surface area (TPSA) is 47.6 Å². The lowest BCUT2D eigenvalue weighted by atomic mass is 9.99. The van der Waals surface area contributed by atoms with Gasteiger partial charge < -0.3 is 18.6 Å². The van der Waals surface area contributed by atoms with E-state index < -0.39 is 0 Å². The number of carbonyl (C=O) groups is 1. The van der Waals surface area contributed by atoms with Gasteiger partial charge in [-0.15, -0.1) is 0 Å². The first-order chi connectivity index (χ1) is 11.8. The Hall–Kier alpha value is -2.95. The highest BCUT2D eigenvalue weighted by atomic mass is 16.5. The van der Waals surface area contributed by atoms with Crippen LogP contribution < -0.4 is 4.74 Å². The summed E-state index contributed by atoms with van der Waals surface area (Å²) in [6, 6.07) is 15.2. The molecule has 1 atom stereocenters. The minimum absolute atomic E-state index is 0.0970. The molecule has 24 heavy (non-hydrogen) atoms. The van der Waals surface area contributed by atoms with Gasteiger partial charge in [0.05, 0.1) is 19.4 Å². The summed E-state index contributed by atoms with van der Waals surface area (Å²) in [5.41, 5.74) is 2.11. The van der Waals surface area contributed by atoms with Crippen LogP contribution in [0.2, 0.25) is 0 Å². The van der Waals surface area contributed by atoms with Gasteiger partial charge in [0.25, 0.3) is 5.91 Å². The van der Waals surface area contributed by atoms with Crippen LogP contribution in [0.5, 0.6) is 5.75 Å². The molecule has 0 aliphatic carbocycles. The van der Waals surface area contributed by atoms with Gasteiger partial charge in [0.1, 0.15) is 5.75 Å². The summed E-state index contributed by atoms with van der Waals surface area (Å²) < 4.78 is 12.9. The van der Waals surface area contributed by atoms with Crippen molar-refractivity contribution in [1.29, 1.82) is 0 Å². The quantitative estimate of drug-likeness (QED) is 0.743. The summed E-state index contributed by atoms with van der Waals surface area (Å²) in [7, 11) is 1.65. The molecule has 4 rings (SSSR count). The van der Waals surface area contributed by atoms with E-state index in [-0.39, 0.29) is 11.9 Å². The molecule has 0 saturated heterocycles. The first-order valence-corrected chi connectivity index (χ1v) is 7.91. The molecule has 1 aromatic carbocycles. The van der Waals surface area contributed by atoms with E-state index in [9.17, 15) is 4.79 Å². The minimum atomic E-state index is -0.165. The number of ether oxygens (including phenoxy) is 1. The van der Waals surface area contributed by atoms with Crippen LogP contribution in [0.15, 0.2) is 65.4 Å². The molecule has 1 unspecified atom stereocenters. The fourth-order valence-electron chi connectivity index (χ4n) is 3.31.